The molecule has 4 heteroatoms. The Morgan fingerprint density at radius 2 is 2.16 bits per heavy atom. The highest BCUT2D eigenvalue weighted by molar-refractivity contribution is 5.95. The minimum absolute atomic E-state index is 0.0406. The molecule has 100 valence electrons. The maximum absolute atomic E-state index is 12.1. The molecule has 0 aromatic heterocycles. The van der Waals surface area contributed by atoms with Gasteiger partial charge in [0.05, 0.1) is 6.04 Å². The molecule has 2 amide bonds. The number of hydrogen-bond donors (Lipinski definition) is 1. The van der Waals surface area contributed by atoms with Crippen molar-refractivity contribution >= 4 is 11.8 Å². The first-order valence-electron chi connectivity index (χ1n) is 6.80. The van der Waals surface area contributed by atoms with E-state index in [0.717, 1.165) is 18.4 Å². The summed E-state index contributed by atoms with van der Waals surface area (Å²) >= 11 is 0. The van der Waals surface area contributed by atoms with Crippen molar-refractivity contribution in [2.75, 3.05) is 6.54 Å². The van der Waals surface area contributed by atoms with Crippen LogP contribution in [0.1, 0.15) is 35.2 Å². The molecular formula is C15H18N2O2. The molecule has 2 fully saturated rings. The Balaban J connectivity index is 1.62. The van der Waals surface area contributed by atoms with Crippen molar-refractivity contribution in [2.24, 2.45) is 0 Å². The topological polar surface area (TPSA) is 49.4 Å². The third-order valence-corrected chi connectivity index (χ3v) is 3.76. The highest BCUT2D eigenvalue weighted by Gasteiger charge is 2.39. The molecule has 1 saturated carbocycles. The number of nitrogens with zero attached hydrogens (tertiary/aromatic N) is 1. The van der Waals surface area contributed by atoms with Crippen molar-refractivity contribution in [3.05, 3.63) is 35.4 Å². The van der Waals surface area contributed by atoms with Gasteiger partial charge in [-0.2, -0.15) is 0 Å². The number of aryl methyl sites for hydroxylation is 1. The van der Waals surface area contributed by atoms with E-state index in [4.69, 9.17) is 0 Å². The van der Waals surface area contributed by atoms with Crippen molar-refractivity contribution in [2.45, 2.75) is 38.3 Å². The molecule has 19 heavy (non-hydrogen) atoms. The lowest BCUT2D eigenvalue weighted by atomic mass is 10.1. The SMILES string of the molecule is Cc1cccc(C(=O)NC2CC(=O)N(C3CC3)C2)c1. The van der Waals surface area contributed by atoms with E-state index in [2.05, 4.69) is 5.32 Å². The Hall–Kier alpha value is -1.84. The smallest absolute Gasteiger partial charge is 0.251 e. The number of likely N-dealkylation sites (tertiary alicyclic amines) is 1. The molecule has 1 atom stereocenters. The minimum atomic E-state index is -0.0841. The van der Waals surface area contributed by atoms with E-state index in [-0.39, 0.29) is 17.9 Å². The lowest BCUT2D eigenvalue weighted by molar-refractivity contribution is -0.128. The largest absolute Gasteiger partial charge is 0.347 e. The van der Waals surface area contributed by atoms with Crippen LogP contribution in [0.2, 0.25) is 0 Å². The van der Waals surface area contributed by atoms with Crippen LogP contribution in [0.4, 0.5) is 0 Å². The molecule has 1 saturated heterocycles. The monoisotopic (exact) mass is 258 g/mol. The summed E-state index contributed by atoms with van der Waals surface area (Å²) in [6.07, 6.45) is 2.67. The van der Waals surface area contributed by atoms with Gasteiger partial charge < -0.3 is 10.2 Å². The first-order valence-corrected chi connectivity index (χ1v) is 6.80. The third kappa shape index (κ3) is 2.62. The first-order chi connectivity index (χ1) is 9.13. The van der Waals surface area contributed by atoms with E-state index in [1.165, 1.54) is 0 Å². The molecule has 1 aromatic rings. The molecule has 0 bridgehead atoms. The summed E-state index contributed by atoms with van der Waals surface area (Å²) in [4.78, 5) is 25.8. The zero-order chi connectivity index (χ0) is 13.4. The standard InChI is InChI=1S/C15H18N2O2/c1-10-3-2-4-11(7-10)15(19)16-12-8-14(18)17(9-12)13-5-6-13/h2-4,7,12-13H,5-6,8-9H2,1H3,(H,16,19). The summed E-state index contributed by atoms with van der Waals surface area (Å²) in [5.41, 5.74) is 1.73. The molecule has 1 aliphatic carbocycles. The second kappa shape index (κ2) is 4.68. The second-order valence-corrected chi connectivity index (χ2v) is 5.52. The van der Waals surface area contributed by atoms with E-state index in [9.17, 15) is 9.59 Å². The fraction of sp³-hybridized carbons (Fsp3) is 0.467. The van der Waals surface area contributed by atoms with Crippen LogP contribution in [0.5, 0.6) is 0 Å². The number of amides is 2. The molecule has 1 N–H and O–H groups in total. The van der Waals surface area contributed by atoms with E-state index >= 15 is 0 Å². The number of benzene rings is 1. The fourth-order valence-electron chi connectivity index (χ4n) is 2.62. The first kappa shape index (κ1) is 12.2. The molecule has 0 radical (unpaired) electrons. The molecule has 4 nitrogen and oxygen atoms in total. The van der Waals surface area contributed by atoms with Gasteiger partial charge in [0.15, 0.2) is 0 Å². The maximum atomic E-state index is 12.1. The van der Waals surface area contributed by atoms with Gasteiger partial charge in [-0.25, -0.2) is 0 Å². The highest BCUT2D eigenvalue weighted by Crippen LogP contribution is 2.30. The Bertz CT molecular complexity index is 523. The quantitative estimate of drug-likeness (QED) is 0.893. The van der Waals surface area contributed by atoms with Gasteiger partial charge in [-0.3, -0.25) is 9.59 Å². The van der Waals surface area contributed by atoms with Gasteiger partial charge >= 0.3 is 0 Å². The predicted molar refractivity (Wildman–Crippen MR) is 71.8 cm³/mol. The van der Waals surface area contributed by atoms with Crippen molar-refractivity contribution < 1.29 is 9.59 Å². The average molecular weight is 258 g/mol. The van der Waals surface area contributed by atoms with Crippen LogP contribution in [0, 0.1) is 6.92 Å². The summed E-state index contributed by atoms with van der Waals surface area (Å²) in [7, 11) is 0. The molecule has 1 aliphatic heterocycles. The molecule has 0 spiro atoms. The zero-order valence-electron chi connectivity index (χ0n) is 11.1. The fourth-order valence-corrected chi connectivity index (χ4v) is 2.62. The number of rotatable bonds is 3. The van der Waals surface area contributed by atoms with Gasteiger partial charge in [-0.05, 0) is 31.9 Å². The average Bonchev–Trinajstić information content (AvgIpc) is 3.14. The van der Waals surface area contributed by atoms with Gasteiger partial charge in [0.2, 0.25) is 5.91 Å². The van der Waals surface area contributed by atoms with E-state index < -0.39 is 0 Å². The third-order valence-electron chi connectivity index (χ3n) is 3.76. The van der Waals surface area contributed by atoms with Crippen molar-refractivity contribution in [1.82, 2.24) is 10.2 Å². The van der Waals surface area contributed by atoms with E-state index in [1.807, 2.05) is 30.0 Å². The summed E-state index contributed by atoms with van der Waals surface area (Å²) in [6.45, 7) is 2.63. The van der Waals surface area contributed by atoms with Gasteiger partial charge in [-0.1, -0.05) is 17.7 Å². The predicted octanol–water partition coefficient (Wildman–Crippen LogP) is 1.49. The molecule has 1 unspecified atom stereocenters. The number of carbonyl (C=O) groups is 2. The Morgan fingerprint density at radius 1 is 1.37 bits per heavy atom. The van der Waals surface area contributed by atoms with E-state index in [0.29, 0.717) is 24.6 Å². The number of carbonyl (C=O) groups excluding carboxylic acids is 2. The van der Waals surface area contributed by atoms with Crippen LogP contribution < -0.4 is 5.32 Å². The second-order valence-electron chi connectivity index (χ2n) is 5.52. The molecule has 1 aromatic carbocycles. The molecular weight excluding hydrogens is 240 g/mol. The maximum Gasteiger partial charge on any atom is 0.251 e. The Morgan fingerprint density at radius 3 is 2.84 bits per heavy atom. The van der Waals surface area contributed by atoms with Crippen LogP contribution in [-0.4, -0.2) is 35.3 Å². The lowest BCUT2D eigenvalue weighted by Crippen LogP contribution is -2.37. The lowest BCUT2D eigenvalue weighted by Gasteiger charge is -2.16. The van der Waals surface area contributed by atoms with Gasteiger partial charge in [0, 0.05) is 24.6 Å². The zero-order valence-corrected chi connectivity index (χ0v) is 11.1. The van der Waals surface area contributed by atoms with Crippen LogP contribution in [-0.2, 0) is 4.79 Å². The highest BCUT2D eigenvalue weighted by atomic mass is 16.2. The summed E-state index contributed by atoms with van der Waals surface area (Å²) < 4.78 is 0. The van der Waals surface area contributed by atoms with Crippen LogP contribution >= 0.6 is 0 Å². The van der Waals surface area contributed by atoms with Crippen molar-refractivity contribution in [3.63, 3.8) is 0 Å². The van der Waals surface area contributed by atoms with Gasteiger partial charge in [0.1, 0.15) is 0 Å². The number of hydrogen-bond acceptors (Lipinski definition) is 2. The van der Waals surface area contributed by atoms with Gasteiger partial charge in [-0.15, -0.1) is 0 Å². The summed E-state index contributed by atoms with van der Waals surface area (Å²) in [5.74, 6) is 0.0937. The summed E-state index contributed by atoms with van der Waals surface area (Å²) in [5, 5.41) is 2.96. The Labute approximate surface area is 112 Å². The molecule has 1 heterocycles. The number of nitrogens with one attached hydrogen (secondary N) is 1. The summed E-state index contributed by atoms with van der Waals surface area (Å²) in [6, 6.07) is 7.91. The van der Waals surface area contributed by atoms with Crippen molar-refractivity contribution in [1.29, 1.82) is 0 Å². The Kier molecular flexibility index (Phi) is 3.01. The minimum Gasteiger partial charge on any atom is -0.347 e. The van der Waals surface area contributed by atoms with Crippen LogP contribution in [0.3, 0.4) is 0 Å². The van der Waals surface area contributed by atoms with Crippen LogP contribution in [0.15, 0.2) is 24.3 Å². The molecule has 2 aliphatic rings. The van der Waals surface area contributed by atoms with Crippen LogP contribution in [0.25, 0.3) is 0 Å². The van der Waals surface area contributed by atoms with Gasteiger partial charge in [0.25, 0.3) is 5.91 Å². The van der Waals surface area contributed by atoms with E-state index in [1.54, 1.807) is 6.07 Å². The van der Waals surface area contributed by atoms with Crippen molar-refractivity contribution in [3.8, 4) is 0 Å². The molecule has 3 rings (SSSR count). The normalized spacial score (nSPS) is 22.7.